The lowest BCUT2D eigenvalue weighted by Crippen LogP contribution is -2.42. The molecule has 1 aromatic heterocycles. The average Bonchev–Trinajstić information content (AvgIpc) is 2.38. The summed E-state index contributed by atoms with van der Waals surface area (Å²) >= 11 is 0. The van der Waals surface area contributed by atoms with Crippen molar-refractivity contribution in [1.82, 2.24) is 15.6 Å². The highest BCUT2D eigenvalue weighted by atomic mass is 15.0. The molecule has 88 valence electrons. The third kappa shape index (κ3) is 3.29. The Morgan fingerprint density at radius 2 is 2.25 bits per heavy atom. The number of piperidine rings is 1. The van der Waals surface area contributed by atoms with Gasteiger partial charge in [0, 0.05) is 31.0 Å². The third-order valence-corrected chi connectivity index (χ3v) is 3.29. The average molecular weight is 219 g/mol. The van der Waals surface area contributed by atoms with Crippen molar-refractivity contribution in [3.8, 4) is 0 Å². The highest BCUT2D eigenvalue weighted by molar-refractivity contribution is 5.13. The maximum absolute atomic E-state index is 4.04. The molecule has 0 bridgehead atoms. The van der Waals surface area contributed by atoms with Crippen LogP contribution in [-0.4, -0.2) is 24.1 Å². The summed E-state index contributed by atoms with van der Waals surface area (Å²) in [6.45, 7) is 4.44. The largest absolute Gasteiger partial charge is 0.313 e. The van der Waals surface area contributed by atoms with Crippen LogP contribution >= 0.6 is 0 Å². The molecule has 1 fully saturated rings. The fraction of sp³-hybridized carbons (Fsp3) is 0.615. The molecular formula is C13H21N3. The van der Waals surface area contributed by atoms with Gasteiger partial charge in [-0.05, 0) is 44.0 Å². The number of aromatic nitrogens is 1. The van der Waals surface area contributed by atoms with Crippen molar-refractivity contribution in [2.24, 2.45) is 0 Å². The summed E-state index contributed by atoms with van der Waals surface area (Å²) in [6.07, 6.45) is 7.70. The van der Waals surface area contributed by atoms with Crippen molar-refractivity contribution < 1.29 is 0 Å². The van der Waals surface area contributed by atoms with Crippen LogP contribution in [0.5, 0.6) is 0 Å². The summed E-state index contributed by atoms with van der Waals surface area (Å²) in [5.41, 5.74) is 1.31. The van der Waals surface area contributed by atoms with Gasteiger partial charge in [0.05, 0.1) is 0 Å². The van der Waals surface area contributed by atoms with Crippen LogP contribution in [0.3, 0.4) is 0 Å². The highest BCUT2D eigenvalue weighted by Gasteiger charge is 2.13. The summed E-state index contributed by atoms with van der Waals surface area (Å²) in [7, 11) is 0. The van der Waals surface area contributed by atoms with Crippen LogP contribution in [0.25, 0.3) is 0 Å². The molecular weight excluding hydrogens is 198 g/mol. The van der Waals surface area contributed by atoms with Gasteiger partial charge in [-0.1, -0.05) is 6.42 Å². The normalized spacial score (nSPS) is 22.9. The maximum atomic E-state index is 4.04. The van der Waals surface area contributed by atoms with Crippen LogP contribution in [0.2, 0.25) is 0 Å². The first-order valence-corrected chi connectivity index (χ1v) is 6.23. The number of rotatable bonds is 4. The predicted octanol–water partition coefficient (Wildman–Crippen LogP) is 1.87. The van der Waals surface area contributed by atoms with Gasteiger partial charge in [-0.25, -0.2) is 0 Å². The molecule has 2 heterocycles. The van der Waals surface area contributed by atoms with E-state index in [4.69, 9.17) is 0 Å². The molecule has 2 N–H and O–H groups in total. The SMILES string of the molecule is CC(NCC1CCCCN1)c1ccncc1. The van der Waals surface area contributed by atoms with Crippen LogP contribution in [0.1, 0.15) is 37.8 Å². The first-order valence-electron chi connectivity index (χ1n) is 6.23. The van der Waals surface area contributed by atoms with Crippen molar-refractivity contribution in [1.29, 1.82) is 0 Å². The van der Waals surface area contributed by atoms with E-state index in [1.807, 2.05) is 12.4 Å². The van der Waals surface area contributed by atoms with E-state index in [1.54, 1.807) is 0 Å². The minimum atomic E-state index is 0.409. The zero-order chi connectivity index (χ0) is 11.2. The Balaban J connectivity index is 1.77. The van der Waals surface area contributed by atoms with Crippen LogP contribution in [-0.2, 0) is 0 Å². The molecule has 3 heteroatoms. The Morgan fingerprint density at radius 3 is 2.94 bits per heavy atom. The molecule has 0 aromatic carbocycles. The predicted molar refractivity (Wildman–Crippen MR) is 66.3 cm³/mol. The molecule has 16 heavy (non-hydrogen) atoms. The molecule has 2 unspecified atom stereocenters. The van der Waals surface area contributed by atoms with E-state index in [1.165, 1.54) is 31.4 Å². The topological polar surface area (TPSA) is 37.0 Å². The molecule has 2 rings (SSSR count). The molecule has 1 saturated heterocycles. The van der Waals surface area contributed by atoms with Crippen molar-refractivity contribution >= 4 is 0 Å². The van der Waals surface area contributed by atoms with E-state index in [2.05, 4.69) is 34.7 Å². The molecule has 1 aliphatic rings. The van der Waals surface area contributed by atoms with E-state index in [9.17, 15) is 0 Å². The summed E-state index contributed by atoms with van der Waals surface area (Å²) < 4.78 is 0. The van der Waals surface area contributed by atoms with Gasteiger partial charge >= 0.3 is 0 Å². The lowest BCUT2D eigenvalue weighted by atomic mass is 10.0. The molecule has 1 aliphatic heterocycles. The van der Waals surface area contributed by atoms with Gasteiger partial charge in [0.1, 0.15) is 0 Å². The van der Waals surface area contributed by atoms with Gasteiger partial charge in [0.2, 0.25) is 0 Å². The maximum Gasteiger partial charge on any atom is 0.0293 e. The first-order chi connectivity index (χ1) is 7.86. The Morgan fingerprint density at radius 1 is 1.44 bits per heavy atom. The van der Waals surface area contributed by atoms with E-state index in [0.29, 0.717) is 12.1 Å². The van der Waals surface area contributed by atoms with Crippen LogP contribution in [0.15, 0.2) is 24.5 Å². The fourth-order valence-corrected chi connectivity index (χ4v) is 2.19. The molecule has 0 spiro atoms. The van der Waals surface area contributed by atoms with E-state index < -0.39 is 0 Å². The molecule has 3 nitrogen and oxygen atoms in total. The van der Waals surface area contributed by atoms with Crippen molar-refractivity contribution in [2.75, 3.05) is 13.1 Å². The number of hydrogen-bond acceptors (Lipinski definition) is 3. The van der Waals surface area contributed by atoms with Crippen LogP contribution < -0.4 is 10.6 Å². The van der Waals surface area contributed by atoms with Crippen molar-refractivity contribution in [2.45, 2.75) is 38.3 Å². The smallest absolute Gasteiger partial charge is 0.0293 e. The summed E-state index contributed by atoms with van der Waals surface area (Å²) in [6, 6.07) is 5.21. The number of nitrogens with one attached hydrogen (secondary N) is 2. The molecule has 2 atom stereocenters. The molecule has 0 amide bonds. The monoisotopic (exact) mass is 219 g/mol. The van der Waals surface area contributed by atoms with Crippen molar-refractivity contribution in [3.63, 3.8) is 0 Å². The second-order valence-corrected chi connectivity index (χ2v) is 4.56. The molecule has 0 radical (unpaired) electrons. The van der Waals surface area contributed by atoms with Gasteiger partial charge in [-0.15, -0.1) is 0 Å². The van der Waals surface area contributed by atoms with E-state index >= 15 is 0 Å². The minimum Gasteiger partial charge on any atom is -0.313 e. The Bertz CT molecular complexity index is 293. The molecule has 1 aromatic rings. The zero-order valence-corrected chi connectivity index (χ0v) is 9.95. The van der Waals surface area contributed by atoms with Gasteiger partial charge in [0.25, 0.3) is 0 Å². The van der Waals surface area contributed by atoms with Crippen molar-refractivity contribution in [3.05, 3.63) is 30.1 Å². The minimum absolute atomic E-state index is 0.409. The Kier molecular flexibility index (Phi) is 4.31. The lowest BCUT2D eigenvalue weighted by molar-refractivity contribution is 0.371. The summed E-state index contributed by atoms with van der Waals surface area (Å²) in [4.78, 5) is 4.04. The second-order valence-electron chi connectivity index (χ2n) is 4.56. The Labute approximate surface area is 97.7 Å². The number of pyridine rings is 1. The quantitative estimate of drug-likeness (QED) is 0.812. The standard InChI is InChI=1S/C13H21N3/c1-11(12-5-8-14-9-6-12)16-10-13-4-2-3-7-15-13/h5-6,8-9,11,13,15-16H,2-4,7,10H2,1H3. The van der Waals surface area contributed by atoms with Gasteiger partial charge in [-0.3, -0.25) is 4.98 Å². The molecule has 0 aliphatic carbocycles. The highest BCUT2D eigenvalue weighted by Crippen LogP contribution is 2.11. The van der Waals surface area contributed by atoms with E-state index in [0.717, 1.165) is 6.54 Å². The number of hydrogen-bond donors (Lipinski definition) is 2. The van der Waals surface area contributed by atoms with Gasteiger partial charge in [-0.2, -0.15) is 0 Å². The van der Waals surface area contributed by atoms with E-state index in [-0.39, 0.29) is 0 Å². The first kappa shape index (κ1) is 11.6. The zero-order valence-electron chi connectivity index (χ0n) is 9.95. The summed E-state index contributed by atoms with van der Waals surface area (Å²) in [5, 5.41) is 7.13. The second kappa shape index (κ2) is 5.97. The van der Waals surface area contributed by atoms with Gasteiger partial charge < -0.3 is 10.6 Å². The van der Waals surface area contributed by atoms with Gasteiger partial charge in [0.15, 0.2) is 0 Å². The third-order valence-electron chi connectivity index (χ3n) is 3.29. The number of nitrogens with zero attached hydrogens (tertiary/aromatic N) is 1. The lowest BCUT2D eigenvalue weighted by Gasteiger charge is -2.25. The Hall–Kier alpha value is -0.930. The van der Waals surface area contributed by atoms with Crippen LogP contribution in [0.4, 0.5) is 0 Å². The molecule has 0 saturated carbocycles. The fourth-order valence-electron chi connectivity index (χ4n) is 2.19. The summed E-state index contributed by atoms with van der Waals surface area (Å²) in [5.74, 6) is 0. The van der Waals surface area contributed by atoms with Crippen LogP contribution in [0, 0.1) is 0 Å².